The van der Waals surface area contributed by atoms with Gasteiger partial charge in [-0.15, -0.1) is 0 Å². The molecule has 0 aliphatic heterocycles. The molecule has 0 aliphatic rings. The lowest BCUT2D eigenvalue weighted by molar-refractivity contribution is -0.129. The van der Waals surface area contributed by atoms with Crippen LogP contribution < -0.4 is 10.9 Å². The SMILES string of the molecule is C[C@H](OC(=O)c1cccc(Br)c1)C(=O)NNC(=O)c1ccccc1. The Labute approximate surface area is 147 Å². The van der Waals surface area contributed by atoms with Crippen molar-refractivity contribution < 1.29 is 19.1 Å². The summed E-state index contributed by atoms with van der Waals surface area (Å²) in [6.07, 6.45) is -1.06. The van der Waals surface area contributed by atoms with Crippen LogP contribution in [0.25, 0.3) is 0 Å². The molecule has 0 bridgehead atoms. The molecule has 0 heterocycles. The van der Waals surface area contributed by atoms with Gasteiger partial charge in [-0.1, -0.05) is 40.2 Å². The Morgan fingerprint density at radius 1 is 0.958 bits per heavy atom. The van der Waals surface area contributed by atoms with Gasteiger partial charge in [-0.25, -0.2) is 4.79 Å². The number of halogens is 1. The monoisotopic (exact) mass is 390 g/mol. The predicted molar refractivity (Wildman–Crippen MR) is 91.1 cm³/mol. The minimum absolute atomic E-state index is 0.317. The molecule has 2 aromatic carbocycles. The van der Waals surface area contributed by atoms with E-state index in [9.17, 15) is 14.4 Å². The van der Waals surface area contributed by atoms with Crippen molar-refractivity contribution in [2.75, 3.05) is 0 Å². The molecule has 24 heavy (non-hydrogen) atoms. The van der Waals surface area contributed by atoms with Gasteiger partial charge in [0, 0.05) is 10.0 Å². The number of hydrogen-bond donors (Lipinski definition) is 2. The van der Waals surface area contributed by atoms with Gasteiger partial charge < -0.3 is 4.74 Å². The zero-order chi connectivity index (χ0) is 17.5. The minimum atomic E-state index is -1.06. The van der Waals surface area contributed by atoms with E-state index >= 15 is 0 Å². The zero-order valence-corrected chi connectivity index (χ0v) is 14.4. The number of benzene rings is 2. The standard InChI is InChI=1S/C17H15BrN2O4/c1-11(24-17(23)13-8-5-9-14(18)10-13)15(21)19-20-16(22)12-6-3-2-4-7-12/h2-11H,1H3,(H,19,21)(H,20,22)/t11-/m0/s1. The average Bonchev–Trinajstić information content (AvgIpc) is 2.60. The highest BCUT2D eigenvalue weighted by atomic mass is 79.9. The Kier molecular flexibility index (Phi) is 6.08. The normalized spacial score (nSPS) is 11.2. The van der Waals surface area contributed by atoms with Crippen LogP contribution in [0.3, 0.4) is 0 Å². The largest absolute Gasteiger partial charge is 0.449 e. The summed E-state index contributed by atoms with van der Waals surface area (Å²) < 4.78 is 5.79. The minimum Gasteiger partial charge on any atom is -0.449 e. The van der Waals surface area contributed by atoms with Crippen LogP contribution in [-0.2, 0) is 9.53 Å². The molecule has 2 aromatic rings. The van der Waals surface area contributed by atoms with E-state index in [0.717, 1.165) is 4.47 Å². The summed E-state index contributed by atoms with van der Waals surface area (Å²) >= 11 is 3.25. The maximum Gasteiger partial charge on any atom is 0.338 e. The van der Waals surface area contributed by atoms with Crippen molar-refractivity contribution in [3.8, 4) is 0 Å². The lowest BCUT2D eigenvalue weighted by Gasteiger charge is -2.14. The molecule has 0 radical (unpaired) electrons. The van der Waals surface area contributed by atoms with Crippen molar-refractivity contribution in [1.29, 1.82) is 0 Å². The second kappa shape index (κ2) is 8.26. The van der Waals surface area contributed by atoms with Gasteiger partial charge in [0.05, 0.1) is 5.56 Å². The van der Waals surface area contributed by atoms with Gasteiger partial charge in [-0.2, -0.15) is 0 Å². The highest BCUT2D eigenvalue weighted by molar-refractivity contribution is 9.10. The van der Waals surface area contributed by atoms with E-state index in [1.54, 1.807) is 54.6 Å². The molecule has 0 fully saturated rings. The van der Waals surface area contributed by atoms with Crippen LogP contribution in [0.2, 0.25) is 0 Å². The smallest absolute Gasteiger partial charge is 0.338 e. The number of esters is 1. The molecule has 0 saturated carbocycles. The fourth-order valence-corrected chi connectivity index (χ4v) is 2.18. The van der Waals surface area contributed by atoms with Crippen LogP contribution in [0.1, 0.15) is 27.6 Å². The molecule has 2 N–H and O–H groups in total. The van der Waals surface area contributed by atoms with Gasteiger partial charge in [-0.3, -0.25) is 20.4 Å². The number of hydrazine groups is 1. The van der Waals surface area contributed by atoms with Crippen molar-refractivity contribution in [2.24, 2.45) is 0 Å². The van der Waals surface area contributed by atoms with Crippen molar-refractivity contribution in [3.63, 3.8) is 0 Å². The van der Waals surface area contributed by atoms with Crippen molar-refractivity contribution in [1.82, 2.24) is 10.9 Å². The highest BCUT2D eigenvalue weighted by Crippen LogP contribution is 2.13. The summed E-state index contributed by atoms with van der Waals surface area (Å²) in [5.41, 5.74) is 5.21. The summed E-state index contributed by atoms with van der Waals surface area (Å²) in [4.78, 5) is 35.7. The number of nitrogens with one attached hydrogen (secondary N) is 2. The predicted octanol–water partition coefficient (Wildman–Crippen LogP) is 2.46. The van der Waals surface area contributed by atoms with Crippen LogP contribution in [0, 0.1) is 0 Å². The Morgan fingerprint density at radius 2 is 1.62 bits per heavy atom. The van der Waals surface area contributed by atoms with E-state index in [2.05, 4.69) is 26.8 Å². The first-order chi connectivity index (χ1) is 11.5. The van der Waals surface area contributed by atoms with Gasteiger partial charge >= 0.3 is 5.97 Å². The van der Waals surface area contributed by atoms with E-state index in [0.29, 0.717) is 11.1 Å². The molecule has 7 heteroatoms. The van der Waals surface area contributed by atoms with E-state index in [1.807, 2.05) is 0 Å². The summed E-state index contributed by atoms with van der Waals surface area (Å²) in [7, 11) is 0. The highest BCUT2D eigenvalue weighted by Gasteiger charge is 2.19. The number of carbonyl (C=O) groups is 3. The molecule has 0 aromatic heterocycles. The first-order valence-electron chi connectivity index (χ1n) is 7.09. The molecule has 6 nitrogen and oxygen atoms in total. The second-order valence-corrected chi connectivity index (χ2v) is 5.78. The van der Waals surface area contributed by atoms with Crippen LogP contribution in [0.4, 0.5) is 0 Å². The lowest BCUT2D eigenvalue weighted by Crippen LogP contribution is -2.46. The van der Waals surface area contributed by atoms with Crippen molar-refractivity contribution in [3.05, 3.63) is 70.2 Å². The molecule has 124 valence electrons. The van der Waals surface area contributed by atoms with Gasteiger partial charge in [0.25, 0.3) is 11.8 Å². The molecule has 0 aliphatic carbocycles. The Hall–Kier alpha value is -2.67. The molecular weight excluding hydrogens is 376 g/mol. The topological polar surface area (TPSA) is 84.5 Å². The number of amides is 2. The number of rotatable bonds is 4. The fraction of sp³-hybridized carbons (Fsp3) is 0.118. The fourth-order valence-electron chi connectivity index (χ4n) is 1.78. The molecular formula is C17H15BrN2O4. The number of carbonyl (C=O) groups excluding carboxylic acids is 3. The van der Waals surface area contributed by atoms with E-state index in [4.69, 9.17) is 4.74 Å². The third-order valence-electron chi connectivity index (χ3n) is 3.05. The summed E-state index contributed by atoms with van der Waals surface area (Å²) in [5.74, 6) is -1.73. The number of hydrogen-bond acceptors (Lipinski definition) is 4. The van der Waals surface area contributed by atoms with Gasteiger partial charge in [0.1, 0.15) is 0 Å². The number of ether oxygens (including phenoxy) is 1. The molecule has 2 amide bonds. The van der Waals surface area contributed by atoms with Gasteiger partial charge in [-0.05, 0) is 37.3 Å². The van der Waals surface area contributed by atoms with Gasteiger partial charge in [0.15, 0.2) is 6.10 Å². The van der Waals surface area contributed by atoms with Crippen LogP contribution in [0.15, 0.2) is 59.1 Å². The van der Waals surface area contributed by atoms with Crippen molar-refractivity contribution >= 4 is 33.7 Å². The molecule has 0 saturated heterocycles. The first kappa shape index (κ1) is 17.7. The third kappa shape index (κ3) is 4.92. The first-order valence-corrected chi connectivity index (χ1v) is 7.88. The summed E-state index contributed by atoms with van der Waals surface area (Å²) in [5, 5.41) is 0. The van der Waals surface area contributed by atoms with Crippen LogP contribution >= 0.6 is 15.9 Å². The van der Waals surface area contributed by atoms with Gasteiger partial charge in [0.2, 0.25) is 0 Å². The maximum absolute atomic E-state index is 12.0. The quantitative estimate of drug-likeness (QED) is 0.620. The third-order valence-corrected chi connectivity index (χ3v) is 3.54. The van der Waals surface area contributed by atoms with E-state index in [1.165, 1.54) is 6.92 Å². The van der Waals surface area contributed by atoms with Crippen LogP contribution in [-0.4, -0.2) is 23.9 Å². The second-order valence-electron chi connectivity index (χ2n) is 4.87. The lowest BCUT2D eigenvalue weighted by atomic mass is 10.2. The average molecular weight is 391 g/mol. The molecule has 1 atom stereocenters. The summed E-state index contributed by atoms with van der Waals surface area (Å²) in [6.45, 7) is 1.42. The summed E-state index contributed by atoms with van der Waals surface area (Å²) in [6, 6.07) is 15.0. The molecule has 0 unspecified atom stereocenters. The maximum atomic E-state index is 12.0. The van der Waals surface area contributed by atoms with Crippen LogP contribution in [0.5, 0.6) is 0 Å². The zero-order valence-electron chi connectivity index (χ0n) is 12.8. The van der Waals surface area contributed by atoms with Crippen molar-refractivity contribution in [2.45, 2.75) is 13.0 Å². The van der Waals surface area contributed by atoms with E-state index in [-0.39, 0.29) is 0 Å². The Bertz CT molecular complexity index is 749. The van der Waals surface area contributed by atoms with E-state index < -0.39 is 23.9 Å². The Balaban J connectivity index is 1.86. The Morgan fingerprint density at radius 3 is 2.29 bits per heavy atom. The molecule has 0 spiro atoms. The molecule has 2 rings (SSSR count).